The molecule has 2 aliphatic heterocycles. The van der Waals surface area contributed by atoms with Crippen molar-refractivity contribution >= 4 is 11.9 Å². The minimum atomic E-state index is -0.489. The smallest absolute Gasteiger partial charge is 0.317 e. The summed E-state index contributed by atoms with van der Waals surface area (Å²) in [4.78, 5) is 23.7. The van der Waals surface area contributed by atoms with Gasteiger partial charge < -0.3 is 18.9 Å². The fraction of sp³-hybridized carbons (Fsp3) is 0.913. The number of fused-ring (bicyclic) bond motifs is 2. The molecule has 0 aromatic carbocycles. The van der Waals surface area contributed by atoms with E-state index in [1.165, 1.54) is 0 Å². The summed E-state index contributed by atoms with van der Waals surface area (Å²) in [5.74, 6) is -0.292. The molecule has 168 valence electrons. The Balaban J connectivity index is 0.000000707. The van der Waals surface area contributed by atoms with E-state index in [0.717, 1.165) is 38.5 Å². The number of hydrogen-bond acceptors (Lipinski definition) is 6. The molecule has 0 amide bonds. The van der Waals surface area contributed by atoms with Crippen LogP contribution in [0.15, 0.2) is 0 Å². The largest absolute Gasteiger partial charge is 0.465 e. The van der Waals surface area contributed by atoms with Crippen LogP contribution in [0.4, 0.5) is 0 Å². The molecule has 0 bridgehead atoms. The van der Waals surface area contributed by atoms with Crippen molar-refractivity contribution in [2.75, 3.05) is 13.2 Å². The van der Waals surface area contributed by atoms with Gasteiger partial charge in [0.1, 0.15) is 6.42 Å². The number of carbonyl (C=O) groups is 2. The quantitative estimate of drug-likeness (QED) is 0.365. The predicted octanol–water partition coefficient (Wildman–Crippen LogP) is 4.43. The second kappa shape index (κ2) is 10.3. The molecule has 6 heteroatoms. The molecule has 6 atom stereocenters. The first-order chi connectivity index (χ1) is 13.9. The van der Waals surface area contributed by atoms with Gasteiger partial charge in [0, 0.05) is 0 Å². The maximum atomic E-state index is 11.8. The molecule has 4 fully saturated rings. The molecule has 4 aliphatic rings. The molecule has 6 unspecified atom stereocenters. The fourth-order valence-corrected chi connectivity index (χ4v) is 4.38. The maximum absolute atomic E-state index is 11.8. The normalized spacial score (nSPS) is 38.6. The topological polar surface area (TPSA) is 77.7 Å². The summed E-state index contributed by atoms with van der Waals surface area (Å²) in [6, 6.07) is 0. The zero-order valence-corrected chi connectivity index (χ0v) is 19.1. The van der Waals surface area contributed by atoms with Crippen molar-refractivity contribution in [1.82, 2.24) is 0 Å². The maximum Gasteiger partial charge on any atom is 0.317 e. The van der Waals surface area contributed by atoms with Crippen molar-refractivity contribution in [1.29, 1.82) is 0 Å². The van der Waals surface area contributed by atoms with E-state index >= 15 is 0 Å². The van der Waals surface area contributed by atoms with E-state index in [2.05, 4.69) is 13.8 Å². The molecule has 2 saturated heterocycles. The molecule has 0 radical (unpaired) electrons. The summed E-state index contributed by atoms with van der Waals surface area (Å²) in [6.45, 7) is 13.0. The van der Waals surface area contributed by atoms with E-state index in [1.54, 1.807) is 0 Å². The van der Waals surface area contributed by atoms with E-state index in [4.69, 9.17) is 18.9 Å². The number of hydrogen-bond donors (Lipinski definition) is 0. The Morgan fingerprint density at radius 1 is 0.793 bits per heavy atom. The van der Waals surface area contributed by atoms with Gasteiger partial charge in [0.2, 0.25) is 0 Å². The average Bonchev–Trinajstić information content (AvgIpc) is 3.60. The predicted molar refractivity (Wildman–Crippen MR) is 110 cm³/mol. The summed E-state index contributed by atoms with van der Waals surface area (Å²) in [5, 5.41) is 0. The van der Waals surface area contributed by atoms with Gasteiger partial charge >= 0.3 is 11.9 Å². The van der Waals surface area contributed by atoms with Gasteiger partial charge in [-0.1, -0.05) is 27.7 Å². The molecule has 2 saturated carbocycles. The number of ether oxygens (including phenoxy) is 4. The van der Waals surface area contributed by atoms with Crippen LogP contribution >= 0.6 is 0 Å². The van der Waals surface area contributed by atoms with Crippen LogP contribution in [0.25, 0.3) is 0 Å². The summed E-state index contributed by atoms with van der Waals surface area (Å²) in [6.07, 6.45) is 6.29. The van der Waals surface area contributed by atoms with Gasteiger partial charge in [0.15, 0.2) is 0 Å². The molecule has 0 N–H and O–H groups in total. The lowest BCUT2D eigenvalue weighted by atomic mass is 9.83. The molecule has 29 heavy (non-hydrogen) atoms. The third kappa shape index (κ3) is 6.42. The van der Waals surface area contributed by atoms with Gasteiger partial charge in [-0.05, 0) is 64.2 Å². The van der Waals surface area contributed by atoms with Gasteiger partial charge in [0.25, 0.3) is 0 Å². The van der Waals surface area contributed by atoms with Gasteiger partial charge in [-0.2, -0.15) is 0 Å². The molecule has 4 rings (SSSR count). The van der Waals surface area contributed by atoms with Gasteiger partial charge in [-0.15, -0.1) is 0 Å². The summed E-state index contributed by atoms with van der Waals surface area (Å²) < 4.78 is 21.8. The Bertz CT molecular complexity index is 516. The van der Waals surface area contributed by atoms with Crippen LogP contribution in [0, 0.1) is 11.8 Å². The van der Waals surface area contributed by atoms with Crippen LogP contribution in [0.3, 0.4) is 0 Å². The van der Waals surface area contributed by atoms with Crippen LogP contribution < -0.4 is 0 Å². The van der Waals surface area contributed by atoms with Crippen LogP contribution in [0.1, 0.15) is 86.5 Å². The molecule has 6 nitrogen and oxygen atoms in total. The van der Waals surface area contributed by atoms with E-state index < -0.39 is 11.9 Å². The molecule has 0 aromatic rings. The van der Waals surface area contributed by atoms with E-state index in [0.29, 0.717) is 37.3 Å². The van der Waals surface area contributed by atoms with Crippen LogP contribution in [-0.2, 0) is 28.5 Å². The minimum Gasteiger partial charge on any atom is -0.465 e. The summed E-state index contributed by atoms with van der Waals surface area (Å²) in [5.41, 5.74) is 0.152. The number of carbonyl (C=O) groups excluding carboxylic acids is 2. The highest BCUT2D eigenvalue weighted by atomic mass is 16.6. The highest BCUT2D eigenvalue weighted by Crippen LogP contribution is 2.50. The second-order valence-corrected chi connectivity index (χ2v) is 8.66. The first kappa shape index (κ1) is 24.1. The highest BCUT2D eigenvalue weighted by Gasteiger charge is 2.56. The Hall–Kier alpha value is -1.14. The van der Waals surface area contributed by atoms with Crippen molar-refractivity contribution in [2.45, 2.75) is 110 Å². The van der Waals surface area contributed by atoms with Crippen molar-refractivity contribution in [3.05, 3.63) is 0 Å². The van der Waals surface area contributed by atoms with Crippen LogP contribution in [0.2, 0.25) is 0 Å². The van der Waals surface area contributed by atoms with E-state index in [1.807, 2.05) is 27.7 Å². The lowest BCUT2D eigenvalue weighted by molar-refractivity contribution is -0.156. The summed E-state index contributed by atoms with van der Waals surface area (Å²) in [7, 11) is 0. The Labute approximate surface area is 176 Å². The van der Waals surface area contributed by atoms with Crippen molar-refractivity contribution in [3.63, 3.8) is 0 Å². The van der Waals surface area contributed by atoms with Crippen LogP contribution in [0.5, 0.6) is 0 Å². The molecular weight excluding hydrogens is 372 g/mol. The van der Waals surface area contributed by atoms with Crippen molar-refractivity contribution in [3.8, 4) is 0 Å². The lowest BCUT2D eigenvalue weighted by Crippen LogP contribution is -2.27. The monoisotopic (exact) mass is 412 g/mol. The van der Waals surface area contributed by atoms with Gasteiger partial charge in [-0.3, -0.25) is 9.59 Å². The SMILES string of the molecule is CC.CC.CC12CCC(COC(=O)CC(=O)OCC3CCC4(C)OC4C3)CC1O2. The average molecular weight is 413 g/mol. The van der Waals surface area contributed by atoms with E-state index in [-0.39, 0.29) is 17.6 Å². The highest BCUT2D eigenvalue weighted by molar-refractivity contribution is 5.91. The van der Waals surface area contributed by atoms with Crippen molar-refractivity contribution in [2.24, 2.45) is 11.8 Å². The molecule has 0 aromatic heterocycles. The first-order valence-corrected chi connectivity index (χ1v) is 11.5. The Kier molecular flexibility index (Phi) is 8.53. The zero-order chi connectivity index (χ0) is 21.7. The third-order valence-corrected chi connectivity index (χ3v) is 6.51. The van der Waals surface area contributed by atoms with Crippen molar-refractivity contribution < 1.29 is 28.5 Å². The number of rotatable bonds is 6. The Morgan fingerprint density at radius 3 is 1.52 bits per heavy atom. The number of esters is 2. The molecule has 0 spiro atoms. The zero-order valence-electron chi connectivity index (χ0n) is 19.1. The van der Waals surface area contributed by atoms with Gasteiger partial charge in [-0.25, -0.2) is 0 Å². The van der Waals surface area contributed by atoms with E-state index in [9.17, 15) is 9.59 Å². The van der Waals surface area contributed by atoms with Crippen LogP contribution in [-0.4, -0.2) is 48.6 Å². The minimum absolute atomic E-state index is 0.0758. The Morgan fingerprint density at radius 2 is 1.17 bits per heavy atom. The lowest BCUT2D eigenvalue weighted by Gasteiger charge is -2.22. The molecule has 2 heterocycles. The second-order valence-electron chi connectivity index (χ2n) is 8.66. The third-order valence-electron chi connectivity index (χ3n) is 6.51. The number of epoxide rings is 2. The molecule has 2 aliphatic carbocycles. The first-order valence-electron chi connectivity index (χ1n) is 11.5. The fourth-order valence-electron chi connectivity index (χ4n) is 4.38. The van der Waals surface area contributed by atoms with Gasteiger partial charge in [0.05, 0.1) is 36.6 Å². The molecular formula is C23H40O6. The summed E-state index contributed by atoms with van der Waals surface area (Å²) >= 11 is 0. The standard InChI is InChI=1S/C19H28O6.2C2H6/c1-18-5-3-12(7-14(18)24-18)10-22-16(20)9-17(21)23-11-13-4-6-19(2)15(8-13)25-19;2*1-2/h12-15H,3-11H2,1-2H3;2*1-2H3.